The molecule has 1 aliphatic heterocycles. The number of rotatable bonds is 2. The summed E-state index contributed by atoms with van der Waals surface area (Å²) in [6.45, 7) is 1.53. The molecule has 1 aliphatic rings. The van der Waals surface area contributed by atoms with Crippen LogP contribution in [0.5, 0.6) is 0 Å². The van der Waals surface area contributed by atoms with Crippen LogP contribution >= 0.6 is 10.5 Å². The summed E-state index contributed by atoms with van der Waals surface area (Å²) in [6.07, 6.45) is 3.22. The average Bonchev–Trinajstić information content (AvgIpc) is 2.18. The Balaban J connectivity index is 0.000000810. The van der Waals surface area contributed by atoms with Crippen LogP contribution in [0.3, 0.4) is 0 Å². The fourth-order valence-electron chi connectivity index (χ4n) is 1.07. The van der Waals surface area contributed by atoms with Crippen molar-refractivity contribution in [1.29, 1.82) is 0 Å². The molecule has 0 saturated carbocycles. The van der Waals surface area contributed by atoms with E-state index in [-0.39, 0.29) is 17.0 Å². The van der Waals surface area contributed by atoms with Crippen LogP contribution < -0.4 is 22.3 Å². The second-order valence-corrected chi connectivity index (χ2v) is 4.50. The van der Waals surface area contributed by atoms with Crippen molar-refractivity contribution in [2.45, 2.75) is 11.7 Å². The van der Waals surface area contributed by atoms with Gasteiger partial charge in [0.05, 0.1) is 11.8 Å². The monoisotopic (exact) mass is 227 g/mol. The van der Waals surface area contributed by atoms with Gasteiger partial charge in [0, 0.05) is 6.61 Å². The van der Waals surface area contributed by atoms with Gasteiger partial charge >= 0.3 is 0 Å². The summed E-state index contributed by atoms with van der Waals surface area (Å²) < 4.78 is 0. The van der Waals surface area contributed by atoms with Gasteiger partial charge in [-0.15, -0.1) is 10.5 Å². The molecule has 0 aromatic rings. The Morgan fingerprint density at radius 3 is 2.90 bits per heavy atom. The molecule has 0 saturated heterocycles. The molecule has 0 aromatic carbocycles. The lowest BCUT2D eigenvalue weighted by Gasteiger charge is -2.04. The molecule has 1 rings (SSSR count). The van der Waals surface area contributed by atoms with Crippen molar-refractivity contribution in [3.05, 3.63) is 0 Å². The Bertz CT molecular complexity index is 129. The summed E-state index contributed by atoms with van der Waals surface area (Å²) in [5, 5.41) is 11.6. The fraction of sp³-hybridized carbons (Fsp3) is 0.833. The van der Waals surface area contributed by atoms with E-state index in [0.29, 0.717) is 17.1 Å². The third kappa shape index (κ3) is 2.70. The predicted molar refractivity (Wildman–Crippen MR) is 41.9 cm³/mol. The molecule has 2 atom stereocenters. The van der Waals surface area contributed by atoms with Crippen LogP contribution in [0.4, 0.5) is 0 Å². The maximum absolute atomic E-state index is 8.62. The number of aliphatic hydroxyl groups is 1. The molecule has 62 valence electrons. The molecule has 0 spiro atoms. The summed E-state index contributed by atoms with van der Waals surface area (Å²) >= 11 is 0. The first-order chi connectivity index (χ1) is 4.34. The zero-order valence-electron chi connectivity index (χ0n) is 6.09. The van der Waals surface area contributed by atoms with Gasteiger partial charge in [-0.1, -0.05) is 0 Å². The predicted octanol–water partition coefficient (Wildman–Crippen LogP) is -4.02. The van der Waals surface area contributed by atoms with Crippen LogP contribution in [0.15, 0.2) is 0 Å². The van der Waals surface area contributed by atoms with Crippen molar-refractivity contribution in [2.75, 3.05) is 19.4 Å². The second-order valence-electron chi connectivity index (χ2n) is 2.35. The number of nitrogens with two attached hydrogens (primary N) is 1. The van der Waals surface area contributed by atoms with E-state index in [1.807, 2.05) is 0 Å². The lowest BCUT2D eigenvalue weighted by molar-refractivity contribution is -0.522. The summed E-state index contributed by atoms with van der Waals surface area (Å²) in [6, 6.07) is 0. The molecule has 1 heterocycles. The van der Waals surface area contributed by atoms with Gasteiger partial charge in [-0.2, -0.15) is 0 Å². The van der Waals surface area contributed by atoms with E-state index in [0.717, 1.165) is 11.7 Å². The molecule has 3 N–H and O–H groups in total. The number of hydrogen-bond donors (Lipinski definition) is 2. The van der Waals surface area contributed by atoms with Crippen LogP contribution in [0, 0.1) is 0 Å². The van der Waals surface area contributed by atoms with E-state index in [4.69, 9.17) is 5.11 Å². The van der Waals surface area contributed by atoms with Gasteiger partial charge < -0.3 is 27.4 Å². The highest BCUT2D eigenvalue weighted by atomic mass is 79.9. The second kappa shape index (κ2) is 5.29. The third-order valence-corrected chi connectivity index (χ3v) is 3.79. The summed E-state index contributed by atoms with van der Waals surface area (Å²) in [4.78, 5) is 0. The molecule has 4 heteroatoms. The largest absolute Gasteiger partial charge is 1.00 e. The molecule has 0 fully saturated rings. The number of quaternary nitrogens is 1. The smallest absolute Gasteiger partial charge is 0.118 e. The lowest BCUT2D eigenvalue weighted by atomic mass is 10.3. The molecular formula is C6H14BrNOS. The summed E-state index contributed by atoms with van der Waals surface area (Å²) in [5.74, 6) is 0. The van der Waals surface area contributed by atoms with Gasteiger partial charge in [0.15, 0.2) is 0 Å². The summed E-state index contributed by atoms with van der Waals surface area (Å²) in [7, 11) is 0.449. The third-order valence-electron chi connectivity index (χ3n) is 1.69. The van der Waals surface area contributed by atoms with Crippen molar-refractivity contribution in [3.8, 4) is 0 Å². The van der Waals surface area contributed by atoms with E-state index in [9.17, 15) is 0 Å². The highest BCUT2D eigenvalue weighted by molar-refractivity contribution is 8.14. The number of hydrogen-bond acceptors (Lipinski definition) is 1. The highest BCUT2D eigenvalue weighted by Crippen LogP contribution is 2.17. The summed E-state index contributed by atoms with van der Waals surface area (Å²) in [5.41, 5.74) is 2.26. The molecule has 0 radical (unpaired) electrons. The molecule has 0 aromatic heterocycles. The number of halogens is 1. The van der Waals surface area contributed by atoms with Gasteiger partial charge in [-0.05, 0) is 12.7 Å². The Morgan fingerprint density at radius 1 is 1.80 bits per heavy atom. The minimum Gasteiger partial charge on any atom is -1.00 e. The standard InChI is InChI=1S/C6H13NOS.BrH/c1-9-5-7-4-6(9)2-3-8;/h5-8H,2-4H2,1H3;1H. The van der Waals surface area contributed by atoms with Crippen molar-refractivity contribution < 1.29 is 27.4 Å². The molecule has 2 nitrogen and oxygen atoms in total. The van der Waals surface area contributed by atoms with Crippen molar-refractivity contribution >= 4 is 16.0 Å². The van der Waals surface area contributed by atoms with Crippen molar-refractivity contribution in [2.24, 2.45) is 0 Å². The Kier molecular flexibility index (Phi) is 5.62. The van der Waals surface area contributed by atoms with Crippen LogP contribution in [0.1, 0.15) is 6.42 Å². The topological polar surface area (TPSA) is 36.8 Å². The zero-order valence-corrected chi connectivity index (χ0v) is 8.49. The van der Waals surface area contributed by atoms with Crippen molar-refractivity contribution in [3.63, 3.8) is 0 Å². The average molecular weight is 228 g/mol. The first kappa shape index (κ1) is 10.6. The van der Waals surface area contributed by atoms with E-state index in [2.05, 4.69) is 17.1 Å². The van der Waals surface area contributed by atoms with Gasteiger partial charge in [0.25, 0.3) is 0 Å². The molecule has 10 heavy (non-hydrogen) atoms. The fourth-order valence-corrected chi connectivity index (χ4v) is 2.60. The van der Waals surface area contributed by atoms with Crippen LogP contribution in [0.25, 0.3) is 0 Å². The zero-order chi connectivity index (χ0) is 6.69. The quantitative estimate of drug-likeness (QED) is 0.464. The maximum Gasteiger partial charge on any atom is 0.118 e. The van der Waals surface area contributed by atoms with E-state index in [1.165, 1.54) is 6.54 Å². The SMILES string of the molecule is CS1=C[NH2+]CC1CCO.[Br-]. The number of aliphatic hydroxyl groups excluding tert-OH is 1. The molecule has 0 aliphatic carbocycles. The van der Waals surface area contributed by atoms with Gasteiger partial charge in [-0.25, -0.2) is 0 Å². The van der Waals surface area contributed by atoms with Crippen molar-refractivity contribution in [1.82, 2.24) is 0 Å². The first-order valence-corrected chi connectivity index (χ1v) is 5.01. The molecular weight excluding hydrogens is 214 g/mol. The minimum atomic E-state index is 0. The van der Waals surface area contributed by atoms with Crippen LogP contribution in [0.2, 0.25) is 0 Å². The Hall–Kier alpha value is 0.620. The Labute approximate surface area is 74.7 Å². The van der Waals surface area contributed by atoms with Gasteiger partial charge in [-0.3, -0.25) is 0 Å². The molecule has 0 amide bonds. The van der Waals surface area contributed by atoms with Crippen LogP contribution in [-0.4, -0.2) is 35.3 Å². The lowest BCUT2D eigenvalue weighted by Crippen LogP contribution is -3.00. The van der Waals surface area contributed by atoms with E-state index < -0.39 is 0 Å². The Morgan fingerprint density at radius 2 is 2.50 bits per heavy atom. The maximum atomic E-state index is 8.62. The van der Waals surface area contributed by atoms with Crippen LogP contribution in [-0.2, 0) is 0 Å². The van der Waals surface area contributed by atoms with E-state index in [1.54, 1.807) is 0 Å². The van der Waals surface area contributed by atoms with Gasteiger partial charge in [0.1, 0.15) is 5.49 Å². The molecule has 2 unspecified atom stereocenters. The first-order valence-electron chi connectivity index (χ1n) is 3.25. The normalized spacial score (nSPS) is 31.0. The molecule has 0 bridgehead atoms. The highest BCUT2D eigenvalue weighted by Gasteiger charge is 2.16. The minimum absolute atomic E-state index is 0. The van der Waals surface area contributed by atoms with E-state index >= 15 is 0 Å². The van der Waals surface area contributed by atoms with Gasteiger partial charge in [0.2, 0.25) is 0 Å².